The third kappa shape index (κ3) is 5.73. The van der Waals surface area contributed by atoms with Crippen molar-refractivity contribution in [3.63, 3.8) is 0 Å². The fourth-order valence-electron chi connectivity index (χ4n) is 6.73. The number of carboxylic acid groups (broad SMARTS) is 1. The van der Waals surface area contributed by atoms with Crippen LogP contribution in [0.3, 0.4) is 0 Å². The maximum atomic E-state index is 14.2. The van der Waals surface area contributed by atoms with E-state index in [9.17, 15) is 29.1 Å². The Morgan fingerprint density at radius 1 is 1.16 bits per heavy atom. The zero-order chi connectivity index (χ0) is 35.2. The molecular weight excluding hydrogens is 632 g/mol. The maximum absolute atomic E-state index is 14.2. The number of nitrogens with one attached hydrogen (secondary N) is 1. The lowest BCUT2D eigenvalue weighted by Crippen LogP contribution is -2.52. The number of pyridine rings is 2. The van der Waals surface area contributed by atoms with Crippen LogP contribution in [-0.4, -0.2) is 63.4 Å². The van der Waals surface area contributed by atoms with E-state index < -0.39 is 53.5 Å². The first-order valence-corrected chi connectivity index (χ1v) is 16.6. The van der Waals surface area contributed by atoms with Crippen LogP contribution in [-0.2, 0) is 47.4 Å². The monoisotopic (exact) mass is 672 g/mol. The summed E-state index contributed by atoms with van der Waals surface area (Å²) in [5, 5.41) is 12.9. The number of rotatable bonds is 12. The van der Waals surface area contributed by atoms with Crippen molar-refractivity contribution < 1.29 is 33.8 Å². The number of nitrogens with zero attached hydrogens (tertiary/aromatic N) is 4. The van der Waals surface area contributed by atoms with Crippen molar-refractivity contribution in [3.05, 3.63) is 51.3 Å². The Morgan fingerprint density at radius 3 is 2.63 bits per heavy atom. The second-order valence-corrected chi connectivity index (χ2v) is 13.0. The van der Waals surface area contributed by atoms with Crippen molar-refractivity contribution >= 4 is 52.4 Å². The van der Waals surface area contributed by atoms with Crippen LogP contribution in [0.25, 0.3) is 22.3 Å². The van der Waals surface area contributed by atoms with Gasteiger partial charge in [-0.3, -0.25) is 14.4 Å². The number of amides is 1. The number of carbonyl (C=O) groups excluding carboxylic acids is 3. The molecule has 6 rings (SSSR count). The lowest BCUT2D eigenvalue weighted by atomic mass is 9.85. The molecule has 0 spiro atoms. The van der Waals surface area contributed by atoms with Gasteiger partial charge in [-0.1, -0.05) is 46.6 Å². The van der Waals surface area contributed by atoms with Crippen LogP contribution < -0.4 is 21.5 Å². The Labute approximate surface area is 282 Å². The number of aliphatic imine (C=N–C) groups is 1. The summed E-state index contributed by atoms with van der Waals surface area (Å²) in [6.45, 7) is 7.78. The zero-order valence-electron chi connectivity index (χ0n) is 27.9. The van der Waals surface area contributed by atoms with Gasteiger partial charge in [0.15, 0.2) is 0 Å². The van der Waals surface area contributed by atoms with Crippen LogP contribution in [0.15, 0.2) is 34.1 Å². The minimum absolute atomic E-state index is 0.107. The van der Waals surface area contributed by atoms with Crippen molar-refractivity contribution in [2.45, 2.75) is 90.6 Å². The fraction of sp³-hybridized carbons (Fsp3) is 0.457. The number of cyclic esters (lactones) is 1. The van der Waals surface area contributed by atoms with Gasteiger partial charge < -0.3 is 35.1 Å². The van der Waals surface area contributed by atoms with Crippen molar-refractivity contribution in [3.8, 4) is 11.4 Å². The number of carbonyl (C=O) groups is 4. The van der Waals surface area contributed by atoms with Gasteiger partial charge in [0, 0.05) is 17.7 Å². The molecule has 4 N–H and O–H groups in total. The average Bonchev–Trinajstić information content (AvgIpc) is 3.45. The maximum Gasteiger partial charge on any atom is 0.355 e. The average molecular weight is 673 g/mol. The molecule has 2 aromatic heterocycles. The molecule has 3 aliphatic rings. The van der Waals surface area contributed by atoms with E-state index in [0.717, 1.165) is 48.1 Å². The van der Waals surface area contributed by atoms with Crippen molar-refractivity contribution in [2.24, 2.45) is 16.6 Å². The van der Waals surface area contributed by atoms with Crippen LogP contribution in [0.1, 0.15) is 76.5 Å². The van der Waals surface area contributed by atoms with E-state index in [0.29, 0.717) is 16.9 Å². The van der Waals surface area contributed by atoms with Gasteiger partial charge >= 0.3 is 17.9 Å². The van der Waals surface area contributed by atoms with E-state index in [-0.39, 0.29) is 36.6 Å². The first-order chi connectivity index (χ1) is 23.4. The predicted molar refractivity (Wildman–Crippen MR) is 180 cm³/mol. The molecule has 0 unspecified atom stereocenters. The van der Waals surface area contributed by atoms with E-state index in [4.69, 9.17) is 20.2 Å². The highest BCUT2D eigenvalue weighted by Gasteiger charge is 2.51. The third-order valence-corrected chi connectivity index (χ3v) is 9.55. The van der Waals surface area contributed by atoms with Gasteiger partial charge in [0.25, 0.3) is 5.56 Å². The summed E-state index contributed by atoms with van der Waals surface area (Å²) < 4.78 is 12.8. The first-order valence-electron chi connectivity index (χ1n) is 16.6. The van der Waals surface area contributed by atoms with Crippen LogP contribution in [0, 0.1) is 5.92 Å². The molecule has 3 aromatic rings. The van der Waals surface area contributed by atoms with Gasteiger partial charge in [-0.15, -0.1) is 0 Å². The van der Waals surface area contributed by atoms with Crippen LogP contribution in [0.5, 0.6) is 0 Å². The molecule has 5 heterocycles. The number of anilines is 1. The summed E-state index contributed by atoms with van der Waals surface area (Å²) in [5.41, 5.74) is 8.01. The molecule has 49 heavy (non-hydrogen) atoms. The van der Waals surface area contributed by atoms with Crippen LogP contribution in [0.4, 0.5) is 11.4 Å². The van der Waals surface area contributed by atoms with Gasteiger partial charge in [0.1, 0.15) is 12.6 Å². The van der Waals surface area contributed by atoms with Gasteiger partial charge in [-0.25, -0.2) is 19.6 Å². The summed E-state index contributed by atoms with van der Waals surface area (Å²) in [4.78, 5) is 77.3. The van der Waals surface area contributed by atoms with Crippen LogP contribution in [0.2, 0.25) is 0 Å². The number of benzene rings is 1. The zero-order valence-corrected chi connectivity index (χ0v) is 27.9. The van der Waals surface area contributed by atoms with E-state index in [2.05, 4.69) is 22.1 Å². The van der Waals surface area contributed by atoms with E-state index in [1.807, 2.05) is 24.5 Å². The molecule has 14 heteroatoms. The molecule has 1 amide bonds. The molecule has 0 fully saturated rings. The Morgan fingerprint density at radius 2 is 1.94 bits per heavy atom. The topological polar surface area (TPSA) is 196 Å². The molecule has 0 radical (unpaired) electrons. The van der Waals surface area contributed by atoms with E-state index in [1.165, 1.54) is 0 Å². The van der Waals surface area contributed by atoms with Crippen molar-refractivity contribution in [1.82, 2.24) is 14.9 Å². The molecule has 14 nitrogen and oxygen atoms in total. The number of hydrogen-bond acceptors (Lipinski definition) is 11. The number of aromatic nitrogens is 2. The third-order valence-electron chi connectivity index (χ3n) is 9.55. The Hall–Kier alpha value is -5.11. The molecule has 3 atom stereocenters. The summed E-state index contributed by atoms with van der Waals surface area (Å²) in [7, 11) is 0. The number of esters is 2. The highest BCUT2D eigenvalue weighted by atomic mass is 16.6. The van der Waals surface area contributed by atoms with Gasteiger partial charge in [0.2, 0.25) is 11.5 Å². The standard InChI is InChI=1S/C35H40N6O8/c1-5-7-8-12-40-17-37-22-10-9-11-23-27(22)30(40)19-15-41-25(29(19)38-23)13-21-20(32(41)44)16-48-34(47)35(21,6-2)49-26(42)14-24(33(45)46)39-31(43)28(36)18(3)4/h9-11,13,17-18,24,28H,5-8,12,14-16,36H2,1-4H3,(H,39,43)(H,45,46)/t24-,28-,35-/m0/s1. The highest BCUT2D eigenvalue weighted by molar-refractivity contribution is 6.11. The summed E-state index contributed by atoms with van der Waals surface area (Å²) in [6.07, 6.45) is 3.97. The number of fused-ring (bicyclic) bond motifs is 5. The molecule has 258 valence electrons. The molecule has 3 aliphatic heterocycles. The molecule has 0 saturated carbocycles. The fourth-order valence-corrected chi connectivity index (χ4v) is 6.73. The van der Waals surface area contributed by atoms with E-state index in [1.54, 1.807) is 31.4 Å². The quantitative estimate of drug-likeness (QED) is 0.148. The minimum atomic E-state index is -2.04. The van der Waals surface area contributed by atoms with Gasteiger partial charge in [-0.05, 0) is 37.0 Å². The number of unbranched alkanes of at least 4 members (excludes halogenated alkanes) is 2. The number of aliphatic carboxylic acids is 1. The van der Waals surface area contributed by atoms with E-state index >= 15 is 0 Å². The number of carboxylic acids is 1. The summed E-state index contributed by atoms with van der Waals surface area (Å²) in [5.74, 6) is -4.48. The first kappa shape index (κ1) is 33.8. The molecular formula is C35H40N6O8. The number of nitrogens with two attached hydrogens (primary N) is 1. The molecule has 0 saturated heterocycles. The summed E-state index contributed by atoms with van der Waals surface area (Å²) >= 11 is 0. The van der Waals surface area contributed by atoms with Crippen molar-refractivity contribution in [1.29, 1.82) is 0 Å². The lowest BCUT2D eigenvalue weighted by molar-refractivity contribution is -0.190. The predicted octanol–water partition coefficient (Wildman–Crippen LogP) is 3.24. The largest absolute Gasteiger partial charge is 0.480 e. The summed E-state index contributed by atoms with van der Waals surface area (Å²) in [6, 6.07) is 4.69. The van der Waals surface area contributed by atoms with Gasteiger partial charge in [0.05, 0.1) is 64.6 Å². The second kappa shape index (κ2) is 13.1. The molecule has 0 aliphatic carbocycles. The van der Waals surface area contributed by atoms with Gasteiger partial charge in [-0.2, -0.15) is 0 Å². The van der Waals surface area contributed by atoms with Crippen LogP contribution >= 0.6 is 0 Å². The molecule has 1 aromatic carbocycles. The number of hydrogen-bond donors (Lipinski definition) is 3. The van der Waals surface area contributed by atoms with Crippen molar-refractivity contribution in [2.75, 3.05) is 11.4 Å². The highest BCUT2D eigenvalue weighted by Crippen LogP contribution is 2.47. The Balaban J connectivity index is 1.41. The minimum Gasteiger partial charge on any atom is -0.480 e. The normalized spacial score (nSPS) is 18.4. The smallest absolute Gasteiger partial charge is 0.355 e. The lowest BCUT2D eigenvalue weighted by Gasteiger charge is -2.36. The Bertz CT molecular complexity index is 1970. The SMILES string of the molecule is CCCCCN1C=Nc2cccc3nc4c(c1c23)Cn1c-4cc2c(c1=O)COC(=O)[C@@]2(CC)OC(=O)C[C@H](NC(=O)[C@@H](N)C(C)C)C(=O)O. The second-order valence-electron chi connectivity index (χ2n) is 13.0. The Kier molecular flexibility index (Phi) is 9.01. The number of ether oxygens (including phenoxy) is 2. The molecule has 0 bridgehead atoms.